The monoisotopic (exact) mass is 244 g/mol. The molecule has 1 aliphatic rings. The Balaban J connectivity index is 1.98. The Morgan fingerprint density at radius 3 is 3.17 bits per heavy atom. The Morgan fingerprint density at radius 1 is 1.44 bits per heavy atom. The summed E-state index contributed by atoms with van der Waals surface area (Å²) in [5.74, 6) is 0. The molecule has 0 unspecified atom stereocenters. The largest absolute Gasteiger partial charge is 0.385 e. The van der Waals surface area contributed by atoms with Gasteiger partial charge in [-0.15, -0.1) is 6.58 Å². The topological polar surface area (TPSA) is 15.3 Å². The van der Waals surface area contributed by atoms with E-state index < -0.39 is 0 Å². The third kappa shape index (κ3) is 3.36. The standard InChI is InChI=1S/C16H24N2/c1-3-4-5-12-18(2)13-14-8-6-10-16-15(14)9-7-11-17-16/h3,6,8,10,17H,1,4-5,7,9,11-13H2,2H3. The Kier molecular flexibility index (Phi) is 4.82. The molecule has 98 valence electrons. The number of nitrogens with one attached hydrogen (secondary N) is 1. The normalized spacial score (nSPS) is 14.1. The SMILES string of the molecule is C=CCCCN(C)Cc1cccc2c1CCCN2. The molecule has 2 heteroatoms. The molecule has 0 spiro atoms. The summed E-state index contributed by atoms with van der Waals surface area (Å²) in [6.45, 7) is 7.09. The van der Waals surface area contributed by atoms with Crippen molar-refractivity contribution in [3.8, 4) is 0 Å². The number of fused-ring (bicyclic) bond motifs is 1. The zero-order chi connectivity index (χ0) is 12.8. The molecule has 0 aliphatic carbocycles. The summed E-state index contributed by atoms with van der Waals surface area (Å²) >= 11 is 0. The average Bonchev–Trinajstić information content (AvgIpc) is 2.39. The highest BCUT2D eigenvalue weighted by Gasteiger charge is 2.13. The van der Waals surface area contributed by atoms with E-state index >= 15 is 0 Å². The molecule has 0 aromatic heterocycles. The van der Waals surface area contributed by atoms with E-state index in [1.165, 1.54) is 36.1 Å². The number of nitrogens with zero attached hydrogens (tertiary/aromatic N) is 1. The minimum absolute atomic E-state index is 1.06. The van der Waals surface area contributed by atoms with E-state index in [2.05, 4.69) is 42.0 Å². The van der Waals surface area contributed by atoms with E-state index in [9.17, 15) is 0 Å². The molecule has 1 heterocycles. The number of anilines is 1. The van der Waals surface area contributed by atoms with Gasteiger partial charge in [0.05, 0.1) is 0 Å². The summed E-state index contributed by atoms with van der Waals surface area (Å²) in [6.07, 6.45) is 6.79. The van der Waals surface area contributed by atoms with Crippen molar-refractivity contribution in [1.82, 2.24) is 4.90 Å². The average molecular weight is 244 g/mol. The molecule has 0 saturated carbocycles. The van der Waals surface area contributed by atoms with Gasteiger partial charge in [-0.2, -0.15) is 0 Å². The van der Waals surface area contributed by atoms with Crippen molar-refractivity contribution in [3.63, 3.8) is 0 Å². The summed E-state index contributed by atoms with van der Waals surface area (Å²) in [7, 11) is 2.21. The molecule has 0 bridgehead atoms. The van der Waals surface area contributed by atoms with Crippen molar-refractivity contribution in [3.05, 3.63) is 42.0 Å². The Bertz CT molecular complexity index is 398. The van der Waals surface area contributed by atoms with Crippen LogP contribution in [0.3, 0.4) is 0 Å². The Labute approximate surface area is 111 Å². The predicted molar refractivity (Wildman–Crippen MR) is 79.0 cm³/mol. The second-order valence-electron chi connectivity index (χ2n) is 5.14. The van der Waals surface area contributed by atoms with Crippen LogP contribution in [0.5, 0.6) is 0 Å². The zero-order valence-corrected chi connectivity index (χ0v) is 11.4. The Hall–Kier alpha value is -1.28. The lowest BCUT2D eigenvalue weighted by atomic mass is 9.97. The first-order valence-electron chi connectivity index (χ1n) is 6.95. The van der Waals surface area contributed by atoms with Crippen molar-refractivity contribution in [2.45, 2.75) is 32.2 Å². The van der Waals surface area contributed by atoms with Gasteiger partial charge in [-0.05, 0) is 56.5 Å². The van der Waals surface area contributed by atoms with Gasteiger partial charge in [0, 0.05) is 18.8 Å². The molecule has 1 aliphatic heterocycles. The van der Waals surface area contributed by atoms with Gasteiger partial charge in [0.2, 0.25) is 0 Å². The molecular formula is C16H24N2. The molecule has 0 saturated heterocycles. The van der Waals surface area contributed by atoms with Crippen LogP contribution >= 0.6 is 0 Å². The first kappa shape index (κ1) is 13.2. The van der Waals surface area contributed by atoms with E-state index in [-0.39, 0.29) is 0 Å². The van der Waals surface area contributed by atoms with Crippen molar-refractivity contribution >= 4 is 5.69 Å². The molecule has 2 nitrogen and oxygen atoms in total. The minimum Gasteiger partial charge on any atom is -0.385 e. The smallest absolute Gasteiger partial charge is 0.0375 e. The summed E-state index contributed by atoms with van der Waals surface area (Å²) < 4.78 is 0. The fourth-order valence-corrected chi connectivity index (χ4v) is 2.61. The van der Waals surface area contributed by atoms with Crippen LogP contribution in [-0.4, -0.2) is 25.0 Å². The van der Waals surface area contributed by atoms with Crippen molar-refractivity contribution in [1.29, 1.82) is 0 Å². The summed E-state index contributed by atoms with van der Waals surface area (Å²) in [4.78, 5) is 2.41. The van der Waals surface area contributed by atoms with Gasteiger partial charge < -0.3 is 10.2 Å². The van der Waals surface area contributed by atoms with E-state index in [0.29, 0.717) is 0 Å². The molecule has 1 aromatic rings. The quantitative estimate of drug-likeness (QED) is 0.609. The zero-order valence-electron chi connectivity index (χ0n) is 11.4. The van der Waals surface area contributed by atoms with Gasteiger partial charge >= 0.3 is 0 Å². The van der Waals surface area contributed by atoms with Crippen molar-refractivity contribution in [2.75, 3.05) is 25.5 Å². The summed E-state index contributed by atoms with van der Waals surface area (Å²) in [5, 5.41) is 3.50. The van der Waals surface area contributed by atoms with Crippen LogP contribution in [0, 0.1) is 0 Å². The van der Waals surface area contributed by atoms with Crippen LogP contribution in [-0.2, 0) is 13.0 Å². The number of rotatable bonds is 6. The first-order chi connectivity index (χ1) is 8.81. The van der Waals surface area contributed by atoms with Crippen LogP contribution in [0.4, 0.5) is 5.69 Å². The van der Waals surface area contributed by atoms with Crippen LogP contribution in [0.15, 0.2) is 30.9 Å². The van der Waals surface area contributed by atoms with Gasteiger partial charge in [-0.25, -0.2) is 0 Å². The molecular weight excluding hydrogens is 220 g/mol. The molecule has 0 atom stereocenters. The van der Waals surface area contributed by atoms with Crippen molar-refractivity contribution < 1.29 is 0 Å². The lowest BCUT2D eigenvalue weighted by Crippen LogP contribution is -2.21. The van der Waals surface area contributed by atoms with Gasteiger partial charge in [0.1, 0.15) is 0 Å². The second-order valence-corrected chi connectivity index (χ2v) is 5.14. The van der Waals surface area contributed by atoms with Crippen molar-refractivity contribution in [2.24, 2.45) is 0 Å². The minimum atomic E-state index is 1.06. The van der Waals surface area contributed by atoms with Crippen LogP contribution in [0.25, 0.3) is 0 Å². The summed E-state index contributed by atoms with van der Waals surface area (Å²) in [5.41, 5.74) is 4.36. The maximum Gasteiger partial charge on any atom is 0.0375 e. The molecule has 2 rings (SSSR count). The van der Waals surface area contributed by atoms with Crippen LogP contribution in [0.1, 0.15) is 30.4 Å². The molecule has 18 heavy (non-hydrogen) atoms. The van der Waals surface area contributed by atoms with Gasteiger partial charge in [0.15, 0.2) is 0 Å². The number of benzene rings is 1. The number of unbranched alkanes of at least 4 members (excludes halogenated alkanes) is 1. The number of hydrogen-bond acceptors (Lipinski definition) is 2. The molecule has 1 aromatic carbocycles. The highest BCUT2D eigenvalue weighted by atomic mass is 15.1. The Morgan fingerprint density at radius 2 is 2.33 bits per heavy atom. The molecule has 0 fully saturated rings. The van der Waals surface area contributed by atoms with E-state index in [0.717, 1.165) is 26.1 Å². The van der Waals surface area contributed by atoms with Gasteiger partial charge in [0.25, 0.3) is 0 Å². The third-order valence-corrected chi connectivity index (χ3v) is 3.58. The van der Waals surface area contributed by atoms with Gasteiger partial charge in [-0.1, -0.05) is 18.2 Å². The lowest BCUT2D eigenvalue weighted by Gasteiger charge is -2.24. The maximum absolute atomic E-state index is 3.77. The van der Waals surface area contributed by atoms with E-state index in [1.807, 2.05) is 6.08 Å². The highest BCUT2D eigenvalue weighted by molar-refractivity contribution is 5.56. The molecule has 1 N–H and O–H groups in total. The maximum atomic E-state index is 3.77. The van der Waals surface area contributed by atoms with E-state index in [4.69, 9.17) is 0 Å². The summed E-state index contributed by atoms with van der Waals surface area (Å²) in [6, 6.07) is 6.65. The van der Waals surface area contributed by atoms with Gasteiger partial charge in [-0.3, -0.25) is 0 Å². The van der Waals surface area contributed by atoms with Crippen LogP contribution < -0.4 is 5.32 Å². The second kappa shape index (κ2) is 6.60. The number of hydrogen-bond donors (Lipinski definition) is 1. The fourth-order valence-electron chi connectivity index (χ4n) is 2.61. The fraction of sp³-hybridized carbons (Fsp3) is 0.500. The highest BCUT2D eigenvalue weighted by Crippen LogP contribution is 2.26. The molecule has 0 amide bonds. The first-order valence-corrected chi connectivity index (χ1v) is 6.95. The molecule has 0 radical (unpaired) electrons. The number of allylic oxidation sites excluding steroid dienone is 1. The third-order valence-electron chi connectivity index (χ3n) is 3.58. The lowest BCUT2D eigenvalue weighted by molar-refractivity contribution is 0.322. The predicted octanol–water partition coefficient (Wildman–Crippen LogP) is 3.44. The van der Waals surface area contributed by atoms with E-state index in [1.54, 1.807) is 0 Å². The van der Waals surface area contributed by atoms with Crippen LogP contribution in [0.2, 0.25) is 0 Å².